The number of fused-ring (bicyclic) bond motifs is 5. The van der Waals surface area contributed by atoms with Crippen molar-refractivity contribution in [2.75, 3.05) is 0 Å². The first kappa shape index (κ1) is 20.8. The van der Waals surface area contributed by atoms with E-state index >= 15 is 0 Å². The Morgan fingerprint density at radius 2 is 1.97 bits per heavy atom. The van der Waals surface area contributed by atoms with Crippen molar-refractivity contribution in [2.45, 2.75) is 96.7 Å². The Labute approximate surface area is 181 Å². The van der Waals surface area contributed by atoms with Gasteiger partial charge in [0.1, 0.15) is 5.76 Å². The summed E-state index contributed by atoms with van der Waals surface area (Å²) in [6.07, 6.45) is 14.8. The lowest BCUT2D eigenvalue weighted by atomic mass is 9.46. The van der Waals surface area contributed by atoms with E-state index in [-0.39, 0.29) is 11.5 Å². The lowest BCUT2D eigenvalue weighted by Crippen LogP contribution is -2.53. The maximum absolute atomic E-state index is 11.6. The van der Waals surface area contributed by atoms with Gasteiger partial charge in [-0.2, -0.15) is 0 Å². The van der Waals surface area contributed by atoms with Crippen LogP contribution in [0.3, 0.4) is 0 Å². The van der Waals surface area contributed by atoms with Gasteiger partial charge in [-0.1, -0.05) is 25.5 Å². The smallest absolute Gasteiger partial charge is 0.103 e. The zero-order valence-corrected chi connectivity index (χ0v) is 19.1. The monoisotopic (exact) mass is 412 g/mol. The Balaban J connectivity index is 1.36. The van der Waals surface area contributed by atoms with Crippen molar-refractivity contribution in [1.82, 2.24) is 0 Å². The third kappa shape index (κ3) is 3.14. The fraction of sp³-hybridized carbons (Fsp3) is 0.778. The summed E-state index contributed by atoms with van der Waals surface area (Å²) in [6.45, 7) is 7.08. The van der Waals surface area contributed by atoms with Gasteiger partial charge in [0.15, 0.2) is 0 Å². The number of hydrogen-bond donors (Lipinski definition) is 2. The minimum absolute atomic E-state index is 0.130. The van der Waals surface area contributed by atoms with Gasteiger partial charge in [0.2, 0.25) is 0 Å². The zero-order valence-electron chi connectivity index (χ0n) is 19.1. The molecule has 3 fully saturated rings. The zero-order chi connectivity index (χ0) is 21.1. The second kappa shape index (κ2) is 7.24. The summed E-state index contributed by atoms with van der Waals surface area (Å²) in [4.78, 5) is 0. The molecule has 3 heteroatoms. The van der Waals surface area contributed by atoms with E-state index in [4.69, 9.17) is 4.42 Å². The van der Waals surface area contributed by atoms with E-state index in [0.29, 0.717) is 11.3 Å². The first-order valence-electron chi connectivity index (χ1n) is 12.4. The molecule has 0 aromatic carbocycles. The van der Waals surface area contributed by atoms with Crippen molar-refractivity contribution in [3.63, 3.8) is 0 Å². The predicted octanol–water partition coefficient (Wildman–Crippen LogP) is 5.90. The highest BCUT2D eigenvalue weighted by molar-refractivity contribution is 5.25. The fourth-order valence-corrected chi connectivity index (χ4v) is 8.67. The summed E-state index contributed by atoms with van der Waals surface area (Å²) in [6, 6.07) is 3.96. The molecule has 1 heterocycles. The highest BCUT2D eigenvalue weighted by Crippen LogP contribution is 2.67. The molecule has 0 radical (unpaired) electrons. The Bertz CT molecular complexity index is 793. The second-order valence-electron chi connectivity index (χ2n) is 11.8. The topological polar surface area (TPSA) is 53.6 Å². The molecule has 0 aliphatic heterocycles. The lowest BCUT2D eigenvalue weighted by molar-refractivity contribution is -0.105. The van der Waals surface area contributed by atoms with Gasteiger partial charge in [-0.3, -0.25) is 0 Å². The summed E-state index contributed by atoms with van der Waals surface area (Å²) in [7, 11) is 0. The first-order valence-corrected chi connectivity index (χ1v) is 12.4. The molecule has 0 saturated heterocycles. The average Bonchev–Trinajstić information content (AvgIpc) is 3.34. The van der Waals surface area contributed by atoms with Crippen LogP contribution in [0.4, 0.5) is 0 Å². The molecule has 0 bridgehead atoms. The van der Waals surface area contributed by atoms with Gasteiger partial charge in [-0.05, 0) is 111 Å². The summed E-state index contributed by atoms with van der Waals surface area (Å²) in [5, 5.41) is 21.8. The predicted molar refractivity (Wildman–Crippen MR) is 119 cm³/mol. The van der Waals surface area contributed by atoms with Crippen LogP contribution < -0.4 is 0 Å². The van der Waals surface area contributed by atoms with E-state index < -0.39 is 5.60 Å². The normalized spacial score (nSPS) is 45.1. The van der Waals surface area contributed by atoms with Gasteiger partial charge in [0.05, 0.1) is 18.0 Å². The Morgan fingerprint density at radius 3 is 2.73 bits per heavy atom. The summed E-state index contributed by atoms with van der Waals surface area (Å²) in [5.41, 5.74) is 1.44. The molecule has 4 aliphatic carbocycles. The van der Waals surface area contributed by atoms with E-state index in [0.717, 1.165) is 62.0 Å². The van der Waals surface area contributed by atoms with Crippen molar-refractivity contribution in [3.05, 3.63) is 35.8 Å². The largest absolute Gasteiger partial charge is 0.469 e. The first-order chi connectivity index (χ1) is 14.2. The molecule has 5 rings (SSSR count). The van der Waals surface area contributed by atoms with Crippen LogP contribution in [0.2, 0.25) is 0 Å². The van der Waals surface area contributed by atoms with Crippen LogP contribution in [0, 0.1) is 34.5 Å². The average molecular weight is 413 g/mol. The highest BCUT2D eigenvalue weighted by atomic mass is 16.3. The fourth-order valence-electron chi connectivity index (χ4n) is 8.67. The lowest BCUT2D eigenvalue weighted by Gasteiger charge is -2.59. The third-order valence-corrected chi connectivity index (χ3v) is 10.3. The van der Waals surface area contributed by atoms with Gasteiger partial charge in [-0.25, -0.2) is 0 Å². The van der Waals surface area contributed by atoms with Crippen LogP contribution in [0.15, 0.2) is 34.5 Å². The standard InChI is InChI=1S/C27H40O3/c1-25-13-10-19(28)17-18(25)6-7-21-22-8-9-24(26(22,2)14-12-23(21)25)27(3,29)15-11-20-5-4-16-30-20/h4-6,16,19,21-24,28-29H,7-15,17H2,1-3H3/t19-,21-,22-,23-,24-,25-,26-,27+/m0/s1. The molecule has 1 aromatic heterocycles. The SMILES string of the molecule is C[C@]12CC[C@H]3[C@@H](CC=C4C[C@@H](O)CC[C@@]43C)[C@@H]1CC[C@@H]2[C@](C)(O)CCc1ccco1. The molecular weight excluding hydrogens is 372 g/mol. The van der Waals surface area contributed by atoms with Crippen LogP contribution >= 0.6 is 0 Å². The van der Waals surface area contributed by atoms with Gasteiger partial charge in [0, 0.05) is 6.42 Å². The van der Waals surface area contributed by atoms with Crippen molar-refractivity contribution in [3.8, 4) is 0 Å². The van der Waals surface area contributed by atoms with Crippen molar-refractivity contribution in [1.29, 1.82) is 0 Å². The number of aliphatic hydroxyl groups is 2. The molecule has 30 heavy (non-hydrogen) atoms. The number of aryl methyl sites for hydroxylation is 1. The number of allylic oxidation sites excluding steroid dienone is 1. The van der Waals surface area contributed by atoms with Crippen molar-refractivity contribution >= 4 is 0 Å². The van der Waals surface area contributed by atoms with E-state index in [2.05, 4.69) is 26.8 Å². The molecule has 0 amide bonds. The summed E-state index contributed by atoms with van der Waals surface area (Å²) < 4.78 is 5.53. The van der Waals surface area contributed by atoms with Gasteiger partial charge in [0.25, 0.3) is 0 Å². The molecule has 3 nitrogen and oxygen atoms in total. The second-order valence-corrected chi connectivity index (χ2v) is 11.8. The number of hydrogen-bond acceptors (Lipinski definition) is 3. The summed E-state index contributed by atoms with van der Waals surface area (Å²) >= 11 is 0. The minimum Gasteiger partial charge on any atom is -0.469 e. The number of rotatable bonds is 4. The maximum atomic E-state index is 11.6. The highest BCUT2D eigenvalue weighted by Gasteiger charge is 2.61. The molecular formula is C27H40O3. The molecule has 1 aromatic rings. The molecule has 2 N–H and O–H groups in total. The quantitative estimate of drug-likeness (QED) is 0.605. The van der Waals surface area contributed by atoms with Crippen LogP contribution in [0.1, 0.15) is 84.3 Å². The number of furan rings is 1. The molecule has 166 valence electrons. The molecule has 4 aliphatic rings. The Kier molecular flexibility index (Phi) is 5.02. The number of aliphatic hydroxyl groups excluding tert-OH is 1. The van der Waals surface area contributed by atoms with Crippen molar-refractivity contribution in [2.24, 2.45) is 34.5 Å². The van der Waals surface area contributed by atoms with E-state index in [1.54, 1.807) is 11.8 Å². The van der Waals surface area contributed by atoms with E-state index in [1.165, 1.54) is 25.7 Å². The van der Waals surface area contributed by atoms with Gasteiger partial charge in [-0.15, -0.1) is 0 Å². The maximum Gasteiger partial charge on any atom is 0.103 e. The minimum atomic E-state index is -0.641. The van der Waals surface area contributed by atoms with Crippen LogP contribution in [0.25, 0.3) is 0 Å². The van der Waals surface area contributed by atoms with Crippen LogP contribution in [0.5, 0.6) is 0 Å². The van der Waals surface area contributed by atoms with Crippen LogP contribution in [-0.4, -0.2) is 21.9 Å². The van der Waals surface area contributed by atoms with Crippen LogP contribution in [-0.2, 0) is 6.42 Å². The molecule has 0 spiro atoms. The van der Waals surface area contributed by atoms with E-state index in [9.17, 15) is 10.2 Å². The van der Waals surface area contributed by atoms with E-state index in [1.807, 2.05) is 12.1 Å². The van der Waals surface area contributed by atoms with Gasteiger partial charge >= 0.3 is 0 Å². The third-order valence-electron chi connectivity index (χ3n) is 10.3. The molecule has 0 unspecified atom stereocenters. The summed E-state index contributed by atoms with van der Waals surface area (Å²) in [5.74, 6) is 3.58. The Morgan fingerprint density at radius 1 is 1.13 bits per heavy atom. The van der Waals surface area contributed by atoms with Gasteiger partial charge < -0.3 is 14.6 Å². The van der Waals surface area contributed by atoms with Crippen molar-refractivity contribution < 1.29 is 14.6 Å². The Hall–Kier alpha value is -1.06. The molecule has 8 atom stereocenters. The molecule has 3 saturated carbocycles.